The molecule has 1 saturated heterocycles. The Morgan fingerprint density at radius 1 is 1.14 bits per heavy atom. The highest BCUT2D eigenvalue weighted by Crippen LogP contribution is 2.41. The van der Waals surface area contributed by atoms with Crippen LogP contribution in [0, 0.1) is 11.8 Å². The van der Waals surface area contributed by atoms with E-state index in [0.717, 1.165) is 43.7 Å². The predicted octanol–water partition coefficient (Wildman–Crippen LogP) is 6.43. The molecule has 0 amide bonds. The van der Waals surface area contributed by atoms with Crippen LogP contribution >= 0.6 is 23.8 Å². The van der Waals surface area contributed by atoms with Crippen molar-refractivity contribution in [1.82, 2.24) is 15.3 Å². The number of hydrogen-bond acceptors (Lipinski definition) is 4. The van der Waals surface area contributed by atoms with Crippen molar-refractivity contribution in [2.24, 2.45) is 11.8 Å². The minimum atomic E-state index is -4.59. The topological polar surface area (TPSA) is 53.1 Å². The van der Waals surface area contributed by atoms with Gasteiger partial charge in [0.25, 0.3) is 0 Å². The molecule has 1 aromatic heterocycles. The number of anilines is 2. The van der Waals surface area contributed by atoms with Gasteiger partial charge in [0.1, 0.15) is 5.82 Å². The average molecular weight is 526 g/mol. The van der Waals surface area contributed by atoms with Crippen LogP contribution < -0.4 is 15.5 Å². The molecule has 2 aromatic rings. The summed E-state index contributed by atoms with van der Waals surface area (Å²) in [4.78, 5) is 10.0. The van der Waals surface area contributed by atoms with Gasteiger partial charge in [0.2, 0.25) is 5.95 Å². The van der Waals surface area contributed by atoms with Gasteiger partial charge in [0.05, 0.1) is 0 Å². The van der Waals surface area contributed by atoms with Crippen LogP contribution in [-0.2, 0) is 11.6 Å². The Morgan fingerprint density at radius 3 is 2.46 bits per heavy atom. The van der Waals surface area contributed by atoms with E-state index in [1.165, 1.54) is 0 Å². The molecule has 2 unspecified atom stereocenters. The molecule has 0 radical (unpaired) electrons. The normalized spacial score (nSPS) is 22.2. The molecule has 1 aliphatic carbocycles. The minimum absolute atomic E-state index is 0.128. The number of piperidine rings is 1. The number of thiocarbonyl (C=S) groups is 1. The van der Waals surface area contributed by atoms with E-state index in [1.54, 1.807) is 0 Å². The summed E-state index contributed by atoms with van der Waals surface area (Å²) in [5.41, 5.74) is 0.0323. The number of halogens is 4. The largest absolute Gasteiger partial charge is 0.433 e. The zero-order valence-electron chi connectivity index (χ0n) is 20.0. The van der Waals surface area contributed by atoms with E-state index in [1.807, 2.05) is 23.1 Å². The summed E-state index contributed by atoms with van der Waals surface area (Å²) in [5, 5.41) is 6.89. The van der Waals surface area contributed by atoms with Crippen molar-refractivity contribution in [3.05, 3.63) is 46.6 Å². The first-order chi connectivity index (χ1) is 16.5. The SMILES string of the molecule is CC1CC(C)CN(c2cc(C(F)(F)F)nc(NC(=S)NCC3(c4cccc(Cl)c4)CCCC3)n2)C1. The van der Waals surface area contributed by atoms with Crippen molar-refractivity contribution >= 4 is 40.7 Å². The van der Waals surface area contributed by atoms with Crippen LogP contribution in [0.3, 0.4) is 0 Å². The molecule has 2 heterocycles. The Balaban J connectivity index is 1.51. The zero-order chi connectivity index (χ0) is 25.2. The van der Waals surface area contributed by atoms with Gasteiger partial charge in [-0.25, -0.2) is 4.98 Å². The fraction of sp³-hybridized carbons (Fsp3) is 0.560. The molecule has 2 N–H and O–H groups in total. The van der Waals surface area contributed by atoms with Crippen molar-refractivity contribution in [3.63, 3.8) is 0 Å². The third kappa shape index (κ3) is 6.36. The van der Waals surface area contributed by atoms with Gasteiger partial charge in [-0.05, 0) is 61.0 Å². The van der Waals surface area contributed by atoms with Crippen LogP contribution in [0.5, 0.6) is 0 Å². The van der Waals surface area contributed by atoms with Crippen molar-refractivity contribution in [2.45, 2.75) is 57.5 Å². The summed E-state index contributed by atoms with van der Waals surface area (Å²) < 4.78 is 40.9. The van der Waals surface area contributed by atoms with E-state index in [-0.39, 0.29) is 22.3 Å². The number of alkyl halides is 3. The molecule has 190 valence electrons. The second-order valence-electron chi connectivity index (χ2n) is 10.1. The molecular weight excluding hydrogens is 495 g/mol. The van der Waals surface area contributed by atoms with Gasteiger partial charge in [-0.15, -0.1) is 0 Å². The quantitative estimate of drug-likeness (QED) is 0.439. The molecule has 4 rings (SSSR count). The molecule has 1 aromatic carbocycles. The Labute approximate surface area is 214 Å². The van der Waals surface area contributed by atoms with Gasteiger partial charge >= 0.3 is 6.18 Å². The summed E-state index contributed by atoms with van der Waals surface area (Å²) in [6, 6.07) is 8.86. The van der Waals surface area contributed by atoms with Gasteiger partial charge in [0, 0.05) is 36.1 Å². The number of nitrogens with zero attached hydrogens (tertiary/aromatic N) is 3. The maximum absolute atomic E-state index is 13.6. The van der Waals surface area contributed by atoms with Crippen LogP contribution in [0.15, 0.2) is 30.3 Å². The van der Waals surface area contributed by atoms with Crippen LogP contribution in [0.1, 0.15) is 57.2 Å². The summed E-state index contributed by atoms with van der Waals surface area (Å²) in [5.74, 6) is 0.858. The molecule has 1 aliphatic heterocycles. The maximum Gasteiger partial charge on any atom is 0.433 e. The van der Waals surface area contributed by atoms with Gasteiger partial charge in [-0.3, -0.25) is 0 Å². The van der Waals surface area contributed by atoms with E-state index < -0.39 is 11.9 Å². The smallest absolute Gasteiger partial charge is 0.361 e. The van der Waals surface area contributed by atoms with E-state index in [2.05, 4.69) is 40.5 Å². The summed E-state index contributed by atoms with van der Waals surface area (Å²) in [6.45, 7) is 6.06. The molecule has 1 saturated carbocycles. The molecular formula is C25H31ClF3N5S. The van der Waals surface area contributed by atoms with Crippen molar-refractivity contribution in [2.75, 3.05) is 29.9 Å². The fourth-order valence-electron chi connectivity index (χ4n) is 5.48. The first-order valence-corrected chi connectivity index (χ1v) is 12.8. The number of nitrogens with one attached hydrogen (secondary N) is 2. The lowest BCUT2D eigenvalue weighted by Gasteiger charge is -2.36. The Morgan fingerprint density at radius 2 is 1.83 bits per heavy atom. The molecule has 0 bridgehead atoms. The Hall–Kier alpha value is -2.13. The highest BCUT2D eigenvalue weighted by molar-refractivity contribution is 7.80. The summed E-state index contributed by atoms with van der Waals surface area (Å²) >= 11 is 11.7. The summed E-state index contributed by atoms with van der Waals surface area (Å²) in [6.07, 6.45) is 0.622. The third-order valence-corrected chi connectivity index (χ3v) is 7.49. The van der Waals surface area contributed by atoms with Gasteiger partial charge in [-0.2, -0.15) is 18.2 Å². The lowest BCUT2D eigenvalue weighted by atomic mass is 9.79. The second-order valence-corrected chi connectivity index (χ2v) is 10.9. The van der Waals surface area contributed by atoms with Crippen molar-refractivity contribution < 1.29 is 13.2 Å². The highest BCUT2D eigenvalue weighted by atomic mass is 35.5. The minimum Gasteiger partial charge on any atom is -0.361 e. The maximum atomic E-state index is 13.6. The monoisotopic (exact) mass is 525 g/mol. The lowest BCUT2D eigenvalue weighted by Crippen LogP contribution is -2.41. The Bertz CT molecular complexity index is 1050. The second kappa shape index (κ2) is 10.5. The van der Waals surface area contributed by atoms with Crippen molar-refractivity contribution in [3.8, 4) is 0 Å². The van der Waals surface area contributed by atoms with Crippen LogP contribution in [-0.4, -0.2) is 34.7 Å². The van der Waals surface area contributed by atoms with E-state index in [0.29, 0.717) is 36.5 Å². The van der Waals surface area contributed by atoms with Crippen LogP contribution in [0.25, 0.3) is 0 Å². The highest BCUT2D eigenvalue weighted by Gasteiger charge is 2.37. The molecule has 0 spiro atoms. The molecule has 10 heteroatoms. The van der Waals surface area contributed by atoms with E-state index in [4.69, 9.17) is 23.8 Å². The van der Waals surface area contributed by atoms with Crippen LogP contribution in [0.2, 0.25) is 5.02 Å². The average Bonchev–Trinajstić information content (AvgIpc) is 3.27. The molecule has 2 atom stereocenters. The standard InChI is InChI=1S/C25H31ClF3N5S/c1-16-10-17(2)14-34(13-16)21-12-20(25(27,28)29)31-22(32-21)33-23(35)30-15-24(8-3-4-9-24)18-6-5-7-19(26)11-18/h5-7,11-12,16-17H,3-4,8-10,13-15H2,1-2H3,(H2,30,31,32,33,35). The molecule has 2 fully saturated rings. The van der Waals surface area contributed by atoms with E-state index >= 15 is 0 Å². The number of benzene rings is 1. The fourth-order valence-corrected chi connectivity index (χ4v) is 5.83. The number of aromatic nitrogens is 2. The van der Waals surface area contributed by atoms with Crippen molar-refractivity contribution in [1.29, 1.82) is 0 Å². The van der Waals surface area contributed by atoms with E-state index in [9.17, 15) is 13.2 Å². The first-order valence-electron chi connectivity index (χ1n) is 12.1. The molecule has 35 heavy (non-hydrogen) atoms. The van der Waals surface area contributed by atoms with Gasteiger partial charge in [0.15, 0.2) is 10.8 Å². The molecule has 5 nitrogen and oxygen atoms in total. The number of rotatable bonds is 5. The first kappa shape index (κ1) is 25.9. The van der Waals surface area contributed by atoms with Crippen LogP contribution in [0.4, 0.5) is 24.9 Å². The van der Waals surface area contributed by atoms with Gasteiger partial charge in [-0.1, -0.05) is 50.4 Å². The Kier molecular flexibility index (Phi) is 7.76. The predicted molar refractivity (Wildman–Crippen MR) is 138 cm³/mol. The zero-order valence-corrected chi connectivity index (χ0v) is 21.5. The summed E-state index contributed by atoms with van der Waals surface area (Å²) in [7, 11) is 0. The number of hydrogen-bond donors (Lipinski definition) is 2. The third-order valence-electron chi connectivity index (χ3n) is 7.01. The molecule has 2 aliphatic rings. The van der Waals surface area contributed by atoms with Gasteiger partial charge < -0.3 is 15.5 Å². The lowest BCUT2D eigenvalue weighted by molar-refractivity contribution is -0.141.